The molecule has 0 saturated heterocycles. The molecule has 0 bridgehead atoms. The van der Waals surface area contributed by atoms with Crippen molar-refractivity contribution in [3.63, 3.8) is 0 Å². The molecular formula is C30H28O. The normalized spacial score (nSPS) is 14.5. The summed E-state index contributed by atoms with van der Waals surface area (Å²) in [5.74, 6) is 0.101. The van der Waals surface area contributed by atoms with Crippen molar-refractivity contribution in [2.24, 2.45) is 0 Å². The van der Waals surface area contributed by atoms with Gasteiger partial charge in [-0.2, -0.15) is 0 Å². The van der Waals surface area contributed by atoms with Gasteiger partial charge < -0.3 is 0 Å². The molecule has 0 atom stereocenters. The molecule has 0 aliphatic heterocycles. The zero-order chi connectivity index (χ0) is 21.8. The first kappa shape index (κ1) is 20.8. The second kappa shape index (κ2) is 9.14. The lowest BCUT2D eigenvalue weighted by Crippen LogP contribution is -2.08. The standard InChI is InChI=1S/C30H28O/c1-21-22(2)28(20-29(23(21)3)30(31)27-12-8-5-9-13-27)19-26-16-14-25(15-17-26)18-24-10-6-4-7-11-24/h4-14,16-18,20H,15,19H2,1-3H3. The molecule has 0 radical (unpaired) electrons. The molecule has 3 aromatic carbocycles. The number of benzene rings is 3. The monoisotopic (exact) mass is 404 g/mol. The lowest BCUT2D eigenvalue weighted by molar-refractivity contribution is 0.103. The molecule has 0 fully saturated rings. The maximum Gasteiger partial charge on any atom is 0.193 e. The summed E-state index contributed by atoms with van der Waals surface area (Å²) < 4.78 is 0. The van der Waals surface area contributed by atoms with Crippen LogP contribution in [0, 0.1) is 20.8 Å². The van der Waals surface area contributed by atoms with Crippen LogP contribution >= 0.6 is 0 Å². The fourth-order valence-electron chi connectivity index (χ4n) is 4.10. The minimum Gasteiger partial charge on any atom is -0.289 e. The maximum absolute atomic E-state index is 13.2. The van der Waals surface area contributed by atoms with Crippen LogP contribution < -0.4 is 0 Å². The van der Waals surface area contributed by atoms with E-state index in [2.05, 4.69) is 75.4 Å². The molecule has 0 heterocycles. The highest BCUT2D eigenvalue weighted by molar-refractivity contribution is 6.10. The summed E-state index contributed by atoms with van der Waals surface area (Å²) >= 11 is 0. The van der Waals surface area contributed by atoms with Crippen LogP contribution in [0.25, 0.3) is 6.08 Å². The Morgan fingerprint density at radius 2 is 1.52 bits per heavy atom. The molecule has 1 heteroatoms. The van der Waals surface area contributed by atoms with Gasteiger partial charge in [-0.1, -0.05) is 85.0 Å². The van der Waals surface area contributed by atoms with Crippen molar-refractivity contribution in [3.8, 4) is 0 Å². The van der Waals surface area contributed by atoms with Gasteiger partial charge in [0, 0.05) is 11.1 Å². The Morgan fingerprint density at radius 1 is 0.839 bits per heavy atom. The Labute approximate surface area is 185 Å². The van der Waals surface area contributed by atoms with Crippen LogP contribution in [0.4, 0.5) is 0 Å². The summed E-state index contributed by atoms with van der Waals surface area (Å²) in [7, 11) is 0. The van der Waals surface area contributed by atoms with Crippen molar-refractivity contribution in [2.75, 3.05) is 0 Å². The summed E-state index contributed by atoms with van der Waals surface area (Å²) in [6.45, 7) is 6.35. The Hall–Kier alpha value is -3.45. The van der Waals surface area contributed by atoms with Gasteiger partial charge in [0.25, 0.3) is 0 Å². The van der Waals surface area contributed by atoms with E-state index in [1.807, 2.05) is 36.4 Å². The fourth-order valence-corrected chi connectivity index (χ4v) is 4.10. The van der Waals surface area contributed by atoms with Gasteiger partial charge in [-0.25, -0.2) is 0 Å². The van der Waals surface area contributed by atoms with Crippen molar-refractivity contribution in [3.05, 3.63) is 135 Å². The SMILES string of the molecule is Cc1c(CC2=CCC(=Cc3ccccc3)C=C2)cc(C(=O)c2ccccc2)c(C)c1C. The second-order valence-corrected chi connectivity index (χ2v) is 8.28. The van der Waals surface area contributed by atoms with Gasteiger partial charge in [-0.05, 0) is 78.6 Å². The molecule has 1 nitrogen and oxygen atoms in total. The smallest absolute Gasteiger partial charge is 0.193 e. The van der Waals surface area contributed by atoms with Crippen molar-refractivity contribution in [2.45, 2.75) is 33.6 Å². The van der Waals surface area contributed by atoms with Crippen molar-refractivity contribution < 1.29 is 4.79 Å². The Kier molecular flexibility index (Phi) is 6.13. The average molecular weight is 405 g/mol. The molecule has 31 heavy (non-hydrogen) atoms. The molecule has 1 aliphatic rings. The molecular weight excluding hydrogens is 376 g/mol. The van der Waals surface area contributed by atoms with Gasteiger partial charge in [0.2, 0.25) is 0 Å². The summed E-state index contributed by atoms with van der Waals surface area (Å²) in [5.41, 5.74) is 10.2. The predicted molar refractivity (Wildman–Crippen MR) is 130 cm³/mol. The Morgan fingerprint density at radius 3 is 2.16 bits per heavy atom. The predicted octanol–water partition coefficient (Wildman–Crippen LogP) is 7.36. The number of rotatable bonds is 5. The van der Waals surface area contributed by atoms with Crippen LogP contribution in [0.5, 0.6) is 0 Å². The van der Waals surface area contributed by atoms with E-state index in [1.165, 1.54) is 33.4 Å². The van der Waals surface area contributed by atoms with Gasteiger partial charge in [0.1, 0.15) is 0 Å². The number of carbonyl (C=O) groups is 1. The quantitative estimate of drug-likeness (QED) is 0.406. The van der Waals surface area contributed by atoms with Crippen LogP contribution in [-0.2, 0) is 6.42 Å². The van der Waals surface area contributed by atoms with Gasteiger partial charge in [0.05, 0.1) is 0 Å². The zero-order valence-corrected chi connectivity index (χ0v) is 18.5. The summed E-state index contributed by atoms with van der Waals surface area (Å²) in [6.07, 6.45) is 10.8. The van der Waals surface area contributed by atoms with Crippen molar-refractivity contribution >= 4 is 11.9 Å². The van der Waals surface area contributed by atoms with E-state index in [1.54, 1.807) is 0 Å². The van der Waals surface area contributed by atoms with Crippen molar-refractivity contribution in [1.82, 2.24) is 0 Å². The number of allylic oxidation sites excluding steroid dienone is 5. The van der Waals surface area contributed by atoms with Gasteiger partial charge in [-0.15, -0.1) is 0 Å². The molecule has 154 valence electrons. The molecule has 1 aliphatic carbocycles. The second-order valence-electron chi connectivity index (χ2n) is 8.28. The first-order chi connectivity index (χ1) is 15.0. The average Bonchev–Trinajstić information content (AvgIpc) is 2.81. The van der Waals surface area contributed by atoms with E-state index in [0.29, 0.717) is 0 Å². The number of ketones is 1. The molecule has 0 aromatic heterocycles. The van der Waals surface area contributed by atoms with E-state index in [4.69, 9.17) is 0 Å². The maximum atomic E-state index is 13.2. The van der Waals surface area contributed by atoms with Crippen LogP contribution in [0.2, 0.25) is 0 Å². The fraction of sp³-hybridized carbons (Fsp3) is 0.167. The van der Waals surface area contributed by atoms with Crippen molar-refractivity contribution in [1.29, 1.82) is 0 Å². The van der Waals surface area contributed by atoms with Gasteiger partial charge >= 0.3 is 0 Å². The van der Waals surface area contributed by atoms with E-state index >= 15 is 0 Å². The lowest BCUT2D eigenvalue weighted by atomic mass is 9.87. The highest BCUT2D eigenvalue weighted by atomic mass is 16.1. The zero-order valence-electron chi connectivity index (χ0n) is 18.5. The minimum absolute atomic E-state index is 0.101. The van der Waals surface area contributed by atoms with Crippen LogP contribution in [0.3, 0.4) is 0 Å². The van der Waals surface area contributed by atoms with Crippen LogP contribution in [-0.4, -0.2) is 5.78 Å². The van der Waals surface area contributed by atoms with E-state index < -0.39 is 0 Å². The van der Waals surface area contributed by atoms with E-state index in [0.717, 1.165) is 29.5 Å². The topological polar surface area (TPSA) is 17.1 Å². The Balaban J connectivity index is 1.58. The molecule has 0 saturated carbocycles. The number of carbonyl (C=O) groups excluding carboxylic acids is 1. The minimum atomic E-state index is 0.101. The molecule has 0 N–H and O–H groups in total. The highest BCUT2D eigenvalue weighted by Gasteiger charge is 2.17. The molecule has 0 unspecified atom stereocenters. The number of hydrogen-bond acceptors (Lipinski definition) is 1. The van der Waals surface area contributed by atoms with Crippen LogP contribution in [0.15, 0.2) is 96.1 Å². The first-order valence-electron chi connectivity index (χ1n) is 10.8. The molecule has 0 amide bonds. The van der Waals surface area contributed by atoms with Crippen LogP contribution in [0.1, 0.15) is 50.2 Å². The molecule has 4 rings (SSSR count). The summed E-state index contributed by atoms with van der Waals surface area (Å²) in [4.78, 5) is 13.2. The Bertz CT molecular complexity index is 1190. The van der Waals surface area contributed by atoms with Gasteiger partial charge in [0.15, 0.2) is 5.78 Å². The summed E-state index contributed by atoms with van der Waals surface area (Å²) in [6, 6.07) is 22.1. The first-order valence-corrected chi connectivity index (χ1v) is 10.8. The third-order valence-electron chi connectivity index (χ3n) is 6.27. The summed E-state index contributed by atoms with van der Waals surface area (Å²) in [5, 5.41) is 0. The third-order valence-corrected chi connectivity index (χ3v) is 6.27. The van der Waals surface area contributed by atoms with E-state index in [9.17, 15) is 4.79 Å². The largest absolute Gasteiger partial charge is 0.289 e. The van der Waals surface area contributed by atoms with E-state index in [-0.39, 0.29) is 5.78 Å². The third kappa shape index (κ3) is 4.67. The van der Waals surface area contributed by atoms with Gasteiger partial charge in [-0.3, -0.25) is 4.79 Å². The molecule has 0 spiro atoms. The lowest BCUT2D eigenvalue weighted by Gasteiger charge is -2.17. The molecule has 3 aromatic rings. The number of hydrogen-bond donors (Lipinski definition) is 0. The highest BCUT2D eigenvalue weighted by Crippen LogP contribution is 2.28.